The third kappa shape index (κ3) is 0.800. The molecule has 0 spiro atoms. The molecule has 1 aromatic heterocycles. The molecule has 0 unspecified atom stereocenters. The van der Waals surface area contributed by atoms with E-state index in [2.05, 4.69) is 5.32 Å². The molecule has 1 N–H and O–H groups in total. The fourth-order valence-corrected chi connectivity index (χ4v) is 1.37. The molecule has 1 aromatic rings. The Morgan fingerprint density at radius 3 is 3.17 bits per heavy atom. The van der Waals surface area contributed by atoms with Gasteiger partial charge in [0, 0.05) is 19.2 Å². The summed E-state index contributed by atoms with van der Waals surface area (Å²) in [4.78, 5) is 11.2. The van der Waals surface area contributed by atoms with Crippen molar-refractivity contribution in [2.75, 3.05) is 11.9 Å². The maximum absolute atomic E-state index is 11.2. The van der Waals surface area contributed by atoms with Gasteiger partial charge < -0.3 is 5.32 Å². The molecule has 2 rings (SSSR count). The highest BCUT2D eigenvalue weighted by atomic mass is 16.1. The topological polar surface area (TPSA) is 57.8 Å². The van der Waals surface area contributed by atoms with Crippen LogP contribution in [0.4, 0.5) is 5.82 Å². The van der Waals surface area contributed by atoms with Gasteiger partial charge in [0.15, 0.2) is 0 Å². The van der Waals surface area contributed by atoms with E-state index in [0.29, 0.717) is 17.9 Å². The van der Waals surface area contributed by atoms with Crippen molar-refractivity contribution in [3.63, 3.8) is 0 Å². The number of nitriles is 1. The molecule has 0 atom stereocenters. The Morgan fingerprint density at radius 1 is 1.58 bits per heavy atom. The average molecular weight is 161 g/mol. The molecule has 0 fully saturated rings. The van der Waals surface area contributed by atoms with E-state index < -0.39 is 0 Å². The van der Waals surface area contributed by atoms with Gasteiger partial charge in [-0.3, -0.25) is 9.36 Å². The molecule has 0 saturated heterocycles. The van der Waals surface area contributed by atoms with Gasteiger partial charge in [0.2, 0.25) is 0 Å². The van der Waals surface area contributed by atoms with Crippen LogP contribution in [-0.4, -0.2) is 11.1 Å². The Balaban J connectivity index is 2.75. The van der Waals surface area contributed by atoms with Gasteiger partial charge in [-0.15, -0.1) is 0 Å². The van der Waals surface area contributed by atoms with Gasteiger partial charge in [0.05, 0.1) is 5.56 Å². The monoisotopic (exact) mass is 161 g/mol. The molecule has 2 heterocycles. The van der Waals surface area contributed by atoms with Crippen LogP contribution in [-0.2, 0) is 6.54 Å². The lowest BCUT2D eigenvalue weighted by Crippen LogP contribution is -2.16. The predicted molar refractivity (Wildman–Crippen MR) is 43.9 cm³/mol. The van der Waals surface area contributed by atoms with Crippen molar-refractivity contribution in [3.05, 3.63) is 28.0 Å². The van der Waals surface area contributed by atoms with Crippen LogP contribution in [0, 0.1) is 11.3 Å². The lowest BCUT2D eigenvalue weighted by atomic mass is 10.3. The van der Waals surface area contributed by atoms with E-state index >= 15 is 0 Å². The van der Waals surface area contributed by atoms with Crippen LogP contribution in [0.15, 0.2) is 16.9 Å². The van der Waals surface area contributed by atoms with Crippen LogP contribution >= 0.6 is 0 Å². The summed E-state index contributed by atoms with van der Waals surface area (Å²) in [5.74, 6) is 0.657. The molecule has 4 heteroatoms. The Morgan fingerprint density at radius 2 is 2.42 bits per heavy atom. The minimum absolute atomic E-state index is 0.0472. The summed E-state index contributed by atoms with van der Waals surface area (Å²) >= 11 is 0. The molecule has 0 aromatic carbocycles. The molecule has 1 aliphatic heterocycles. The van der Waals surface area contributed by atoms with Gasteiger partial charge in [-0.1, -0.05) is 0 Å². The summed E-state index contributed by atoms with van der Waals surface area (Å²) in [7, 11) is 0. The third-order valence-electron chi connectivity index (χ3n) is 1.93. The van der Waals surface area contributed by atoms with Crippen LogP contribution in [0.1, 0.15) is 5.56 Å². The highest BCUT2D eigenvalue weighted by Gasteiger charge is 2.13. The standard InChI is InChI=1S/C8H7N3O/c9-5-6-1-2-7(12)11-4-3-10-8(6)11/h1-2,10H,3-4H2. The first-order chi connectivity index (χ1) is 5.83. The molecule has 12 heavy (non-hydrogen) atoms. The summed E-state index contributed by atoms with van der Waals surface area (Å²) in [6.45, 7) is 1.39. The normalized spacial score (nSPS) is 13.2. The van der Waals surface area contributed by atoms with Crippen molar-refractivity contribution in [1.82, 2.24) is 4.57 Å². The maximum atomic E-state index is 11.2. The number of hydrogen-bond acceptors (Lipinski definition) is 3. The van der Waals surface area contributed by atoms with Crippen LogP contribution in [0.3, 0.4) is 0 Å². The summed E-state index contributed by atoms with van der Waals surface area (Å²) in [5, 5.41) is 11.7. The molecule has 60 valence electrons. The predicted octanol–water partition coefficient (Wildman–Crippen LogP) is 0.145. The summed E-state index contributed by atoms with van der Waals surface area (Å²) in [5.41, 5.74) is 0.487. The van der Waals surface area contributed by atoms with E-state index in [-0.39, 0.29) is 5.56 Å². The number of rotatable bonds is 0. The van der Waals surface area contributed by atoms with Gasteiger partial charge in [-0.2, -0.15) is 5.26 Å². The minimum atomic E-state index is -0.0472. The van der Waals surface area contributed by atoms with Crippen molar-refractivity contribution in [2.24, 2.45) is 0 Å². The van der Waals surface area contributed by atoms with E-state index in [4.69, 9.17) is 5.26 Å². The van der Waals surface area contributed by atoms with Crippen LogP contribution in [0.25, 0.3) is 0 Å². The smallest absolute Gasteiger partial charge is 0.252 e. The van der Waals surface area contributed by atoms with E-state index in [0.717, 1.165) is 6.54 Å². The van der Waals surface area contributed by atoms with Gasteiger partial charge in [-0.25, -0.2) is 0 Å². The zero-order valence-corrected chi connectivity index (χ0v) is 6.37. The van der Waals surface area contributed by atoms with Gasteiger partial charge >= 0.3 is 0 Å². The third-order valence-corrected chi connectivity index (χ3v) is 1.93. The molecule has 1 aliphatic rings. The Bertz CT molecular complexity index is 413. The number of nitrogens with one attached hydrogen (secondary N) is 1. The number of nitrogens with zero attached hydrogens (tertiary/aromatic N) is 2. The largest absolute Gasteiger partial charge is 0.368 e. The summed E-state index contributed by atoms with van der Waals surface area (Å²) in [6, 6.07) is 5.01. The lowest BCUT2D eigenvalue weighted by Gasteiger charge is -2.01. The van der Waals surface area contributed by atoms with E-state index in [1.807, 2.05) is 6.07 Å². The second kappa shape index (κ2) is 2.38. The Labute approximate surface area is 69.1 Å². The molecular weight excluding hydrogens is 154 g/mol. The lowest BCUT2D eigenvalue weighted by molar-refractivity contribution is 0.772. The SMILES string of the molecule is N#Cc1ccc(=O)n2c1NCC2. The number of aromatic nitrogens is 1. The molecule has 0 bridgehead atoms. The van der Waals surface area contributed by atoms with Crippen LogP contribution < -0.4 is 10.9 Å². The quantitative estimate of drug-likeness (QED) is 0.589. The van der Waals surface area contributed by atoms with Crippen LogP contribution in [0.2, 0.25) is 0 Å². The van der Waals surface area contributed by atoms with E-state index in [1.54, 1.807) is 10.6 Å². The molecule has 0 saturated carbocycles. The summed E-state index contributed by atoms with van der Waals surface area (Å²) < 4.78 is 1.58. The van der Waals surface area contributed by atoms with Gasteiger partial charge in [0.25, 0.3) is 5.56 Å². The Kier molecular flexibility index (Phi) is 1.37. The highest BCUT2D eigenvalue weighted by Crippen LogP contribution is 2.15. The molecule has 0 radical (unpaired) electrons. The van der Waals surface area contributed by atoms with Gasteiger partial charge in [-0.05, 0) is 6.07 Å². The van der Waals surface area contributed by atoms with Crippen molar-refractivity contribution in [2.45, 2.75) is 6.54 Å². The second-order valence-corrected chi connectivity index (χ2v) is 2.62. The first kappa shape index (κ1) is 6.92. The van der Waals surface area contributed by atoms with Gasteiger partial charge in [0.1, 0.15) is 11.9 Å². The number of fused-ring (bicyclic) bond motifs is 1. The Hall–Kier alpha value is -1.76. The van der Waals surface area contributed by atoms with Crippen molar-refractivity contribution < 1.29 is 0 Å². The highest BCUT2D eigenvalue weighted by molar-refractivity contribution is 5.54. The molecule has 4 nitrogen and oxygen atoms in total. The summed E-state index contributed by atoms with van der Waals surface area (Å²) in [6.07, 6.45) is 0. The maximum Gasteiger partial charge on any atom is 0.252 e. The van der Waals surface area contributed by atoms with Crippen molar-refractivity contribution in [1.29, 1.82) is 5.26 Å². The number of anilines is 1. The number of pyridine rings is 1. The zero-order chi connectivity index (χ0) is 8.55. The minimum Gasteiger partial charge on any atom is -0.368 e. The molecule has 0 aliphatic carbocycles. The molecule has 0 amide bonds. The second-order valence-electron chi connectivity index (χ2n) is 2.62. The fourth-order valence-electron chi connectivity index (χ4n) is 1.37. The number of hydrogen-bond donors (Lipinski definition) is 1. The van der Waals surface area contributed by atoms with E-state index in [9.17, 15) is 4.79 Å². The van der Waals surface area contributed by atoms with E-state index in [1.165, 1.54) is 6.07 Å². The fraction of sp³-hybridized carbons (Fsp3) is 0.250. The molecular formula is C8H7N3O. The first-order valence-electron chi connectivity index (χ1n) is 3.71. The van der Waals surface area contributed by atoms with Crippen molar-refractivity contribution in [3.8, 4) is 6.07 Å². The van der Waals surface area contributed by atoms with Crippen molar-refractivity contribution >= 4 is 5.82 Å². The average Bonchev–Trinajstić information content (AvgIpc) is 2.54. The first-order valence-corrected chi connectivity index (χ1v) is 3.71. The zero-order valence-electron chi connectivity index (χ0n) is 6.37. The van der Waals surface area contributed by atoms with Crippen LogP contribution in [0.5, 0.6) is 0 Å².